The third-order valence-electron chi connectivity index (χ3n) is 2.00. The summed E-state index contributed by atoms with van der Waals surface area (Å²) < 4.78 is 0. The van der Waals surface area contributed by atoms with Crippen molar-refractivity contribution in [1.82, 2.24) is 5.32 Å². The van der Waals surface area contributed by atoms with Crippen molar-refractivity contribution < 1.29 is 0 Å². The van der Waals surface area contributed by atoms with Crippen molar-refractivity contribution in [3.8, 4) is 0 Å². The molecule has 0 bridgehead atoms. The number of hydrogen-bond donors (Lipinski definition) is 1. The molecule has 2 atom stereocenters. The highest BCUT2D eigenvalue weighted by atomic mass is 32.2. The molecule has 10 heavy (non-hydrogen) atoms. The molecular weight excluding hydrogens is 144 g/mol. The fraction of sp³-hybridized carbons (Fsp3) is 0.857. The van der Waals surface area contributed by atoms with Crippen LogP contribution in [0, 0.1) is 5.92 Å². The Bertz CT molecular complexity index is 167. The van der Waals surface area contributed by atoms with Gasteiger partial charge in [-0.3, -0.25) is 4.99 Å². The summed E-state index contributed by atoms with van der Waals surface area (Å²) in [6.45, 7) is 3.28. The Labute approximate surface area is 65.5 Å². The number of amidine groups is 1. The van der Waals surface area contributed by atoms with Gasteiger partial charge in [0.1, 0.15) is 0 Å². The van der Waals surface area contributed by atoms with E-state index in [0.29, 0.717) is 0 Å². The Hall–Kier alpha value is -0.180. The molecule has 0 amide bonds. The molecule has 1 aliphatic heterocycles. The highest BCUT2D eigenvalue weighted by molar-refractivity contribution is 8.14. The smallest absolute Gasteiger partial charge is 0.156 e. The molecule has 0 aromatic heterocycles. The first kappa shape index (κ1) is 6.53. The highest BCUT2D eigenvalue weighted by Gasteiger charge is 2.33. The lowest BCUT2D eigenvalue weighted by molar-refractivity contribution is 0.819. The molecule has 1 aliphatic carbocycles. The van der Waals surface area contributed by atoms with Gasteiger partial charge in [-0.25, -0.2) is 0 Å². The average molecular weight is 156 g/mol. The van der Waals surface area contributed by atoms with Crippen LogP contribution in [0.2, 0.25) is 0 Å². The zero-order valence-electron chi connectivity index (χ0n) is 6.13. The summed E-state index contributed by atoms with van der Waals surface area (Å²) >= 11 is 1.85. The van der Waals surface area contributed by atoms with E-state index < -0.39 is 0 Å². The van der Waals surface area contributed by atoms with Gasteiger partial charge in [0.25, 0.3) is 0 Å². The van der Waals surface area contributed by atoms with E-state index in [9.17, 15) is 0 Å². The van der Waals surface area contributed by atoms with Crippen LogP contribution in [0.5, 0.6) is 0 Å². The van der Waals surface area contributed by atoms with Crippen LogP contribution in [0.15, 0.2) is 4.99 Å². The van der Waals surface area contributed by atoms with Gasteiger partial charge in [0.2, 0.25) is 0 Å². The van der Waals surface area contributed by atoms with Crippen molar-refractivity contribution in [2.45, 2.75) is 19.4 Å². The molecule has 0 saturated heterocycles. The maximum absolute atomic E-state index is 4.32. The van der Waals surface area contributed by atoms with Crippen LogP contribution >= 0.6 is 11.8 Å². The number of hydrogen-bond acceptors (Lipinski definition) is 3. The van der Waals surface area contributed by atoms with E-state index in [-0.39, 0.29) is 0 Å². The monoisotopic (exact) mass is 156 g/mol. The van der Waals surface area contributed by atoms with E-state index in [1.54, 1.807) is 0 Å². The minimum atomic E-state index is 0.740. The Kier molecular flexibility index (Phi) is 1.60. The van der Waals surface area contributed by atoms with Gasteiger partial charge in [-0.1, -0.05) is 18.7 Å². The molecule has 0 aromatic carbocycles. The quantitative estimate of drug-likeness (QED) is 0.614. The van der Waals surface area contributed by atoms with Gasteiger partial charge in [-0.15, -0.1) is 0 Å². The molecule has 1 saturated carbocycles. The molecule has 1 fully saturated rings. The molecule has 0 spiro atoms. The van der Waals surface area contributed by atoms with Crippen LogP contribution in [0.1, 0.15) is 13.3 Å². The van der Waals surface area contributed by atoms with E-state index in [4.69, 9.17) is 0 Å². The second-order valence-electron chi connectivity index (χ2n) is 3.00. The Morgan fingerprint density at radius 2 is 2.50 bits per heavy atom. The molecule has 1 N–H and O–H groups in total. The molecule has 56 valence electrons. The van der Waals surface area contributed by atoms with Gasteiger partial charge in [0.05, 0.1) is 6.54 Å². The Morgan fingerprint density at radius 3 is 3.00 bits per heavy atom. The number of aliphatic imine (C=N–C) groups is 1. The lowest BCUT2D eigenvalue weighted by Crippen LogP contribution is -2.22. The van der Waals surface area contributed by atoms with Gasteiger partial charge in [0.15, 0.2) is 5.17 Å². The maximum atomic E-state index is 4.32. The standard InChI is InChI=1S/C7H12N2S/c1-5-4-6(5)9-7-8-2-3-10-7/h5-6H,2-4H2,1H3,(H,8,9). The molecule has 3 heteroatoms. The van der Waals surface area contributed by atoms with E-state index in [1.807, 2.05) is 11.8 Å². The van der Waals surface area contributed by atoms with Crippen molar-refractivity contribution in [2.24, 2.45) is 10.9 Å². The normalized spacial score (nSPS) is 37.5. The van der Waals surface area contributed by atoms with E-state index >= 15 is 0 Å². The van der Waals surface area contributed by atoms with Crippen LogP contribution in [0.3, 0.4) is 0 Å². The van der Waals surface area contributed by atoms with Gasteiger partial charge < -0.3 is 5.32 Å². The largest absolute Gasteiger partial charge is 0.362 e. The van der Waals surface area contributed by atoms with Crippen LogP contribution in [0.25, 0.3) is 0 Å². The van der Waals surface area contributed by atoms with Crippen molar-refractivity contribution in [1.29, 1.82) is 0 Å². The fourth-order valence-electron chi connectivity index (χ4n) is 1.10. The number of nitrogens with zero attached hydrogens (tertiary/aromatic N) is 1. The zero-order chi connectivity index (χ0) is 6.97. The summed E-state index contributed by atoms with van der Waals surface area (Å²) in [5.74, 6) is 2.05. The summed E-state index contributed by atoms with van der Waals surface area (Å²) in [7, 11) is 0. The first-order valence-corrected chi connectivity index (χ1v) is 4.78. The van der Waals surface area contributed by atoms with Crippen LogP contribution in [0.4, 0.5) is 0 Å². The number of thioether (sulfide) groups is 1. The van der Waals surface area contributed by atoms with Crippen LogP contribution < -0.4 is 5.32 Å². The number of nitrogens with one attached hydrogen (secondary N) is 1. The first-order chi connectivity index (χ1) is 4.86. The summed E-state index contributed by atoms with van der Waals surface area (Å²) in [5.41, 5.74) is 0. The average Bonchev–Trinajstić information content (AvgIpc) is 2.48. The van der Waals surface area contributed by atoms with E-state index in [0.717, 1.165) is 18.5 Å². The molecule has 0 aromatic rings. The SMILES string of the molecule is CC1CC1NC1=NCCS1. The Morgan fingerprint density at radius 1 is 1.70 bits per heavy atom. The highest BCUT2D eigenvalue weighted by Crippen LogP contribution is 2.30. The van der Waals surface area contributed by atoms with Crippen molar-refractivity contribution in [2.75, 3.05) is 12.3 Å². The van der Waals surface area contributed by atoms with Gasteiger partial charge in [-0.05, 0) is 12.3 Å². The Balaban J connectivity index is 1.80. The molecule has 1 heterocycles. The minimum Gasteiger partial charge on any atom is -0.362 e. The molecule has 2 unspecified atom stereocenters. The molecule has 2 aliphatic rings. The van der Waals surface area contributed by atoms with Gasteiger partial charge in [-0.2, -0.15) is 0 Å². The molecule has 2 nitrogen and oxygen atoms in total. The summed E-state index contributed by atoms with van der Waals surface area (Å²) in [6, 6.07) is 0.740. The maximum Gasteiger partial charge on any atom is 0.156 e. The van der Waals surface area contributed by atoms with Crippen LogP contribution in [-0.2, 0) is 0 Å². The van der Waals surface area contributed by atoms with Gasteiger partial charge >= 0.3 is 0 Å². The second-order valence-corrected chi connectivity index (χ2v) is 4.08. The molecular formula is C7H12N2S. The summed E-state index contributed by atoms with van der Waals surface area (Å²) in [5, 5.41) is 4.59. The lowest BCUT2D eigenvalue weighted by Gasteiger charge is -2.00. The third-order valence-corrected chi connectivity index (χ3v) is 2.91. The molecule has 2 rings (SSSR count). The summed E-state index contributed by atoms with van der Waals surface area (Å²) in [6.07, 6.45) is 1.33. The van der Waals surface area contributed by atoms with E-state index in [1.165, 1.54) is 17.3 Å². The lowest BCUT2D eigenvalue weighted by atomic mass is 10.5. The third kappa shape index (κ3) is 1.29. The van der Waals surface area contributed by atoms with Gasteiger partial charge in [0, 0.05) is 11.8 Å². The fourth-order valence-corrected chi connectivity index (χ4v) is 1.90. The first-order valence-electron chi connectivity index (χ1n) is 3.80. The van der Waals surface area contributed by atoms with Crippen molar-refractivity contribution >= 4 is 16.9 Å². The van der Waals surface area contributed by atoms with Crippen LogP contribution in [-0.4, -0.2) is 23.5 Å². The second kappa shape index (κ2) is 2.46. The minimum absolute atomic E-state index is 0.740. The van der Waals surface area contributed by atoms with E-state index in [2.05, 4.69) is 17.2 Å². The predicted molar refractivity (Wildman–Crippen MR) is 45.5 cm³/mol. The summed E-state index contributed by atoms with van der Waals surface area (Å²) in [4.78, 5) is 4.32. The molecule has 0 radical (unpaired) electrons. The zero-order valence-corrected chi connectivity index (χ0v) is 6.95. The topological polar surface area (TPSA) is 24.4 Å². The van der Waals surface area contributed by atoms with Crippen molar-refractivity contribution in [3.05, 3.63) is 0 Å². The number of rotatable bonds is 1. The van der Waals surface area contributed by atoms with Crippen molar-refractivity contribution in [3.63, 3.8) is 0 Å². The predicted octanol–water partition coefficient (Wildman–Crippen LogP) is 1.09.